The van der Waals surface area contributed by atoms with E-state index in [9.17, 15) is 0 Å². The van der Waals surface area contributed by atoms with Crippen LogP contribution in [0.25, 0.3) is 0 Å². The molecule has 0 fully saturated rings. The van der Waals surface area contributed by atoms with E-state index in [-0.39, 0.29) is 30.0 Å². The normalized spacial score (nSPS) is 12.3. The van der Waals surface area contributed by atoms with Crippen molar-refractivity contribution in [2.24, 2.45) is 4.99 Å². The molecule has 0 spiro atoms. The van der Waals surface area contributed by atoms with Crippen LogP contribution < -0.4 is 10.6 Å². The number of unbranched alkanes of at least 4 members (excludes halogenated alkanes) is 1. The lowest BCUT2D eigenvalue weighted by atomic mass is 10.1. The Balaban J connectivity index is 0.00000288. The zero-order valence-electron chi connectivity index (χ0n) is 14.5. The highest BCUT2D eigenvalue weighted by molar-refractivity contribution is 14.0. The highest BCUT2D eigenvalue weighted by Crippen LogP contribution is 2.10. The summed E-state index contributed by atoms with van der Waals surface area (Å²) in [5.74, 6) is 1.85. The Labute approximate surface area is 162 Å². The van der Waals surface area contributed by atoms with Crippen LogP contribution in [0.3, 0.4) is 0 Å². The Hall–Kier alpha value is -1.50. The number of nitrogens with zero attached hydrogens (tertiary/aromatic N) is 1. The number of hydrogen-bond acceptors (Lipinski definition) is 2. The van der Waals surface area contributed by atoms with E-state index in [1.165, 1.54) is 5.56 Å². The van der Waals surface area contributed by atoms with Crippen LogP contribution in [0.1, 0.15) is 44.1 Å². The molecule has 0 aliphatic heterocycles. The summed E-state index contributed by atoms with van der Waals surface area (Å²) in [5.41, 5.74) is 1.25. The number of furan rings is 1. The molecule has 0 bridgehead atoms. The molecule has 0 saturated heterocycles. The quantitative estimate of drug-likeness (QED) is 0.274. The van der Waals surface area contributed by atoms with Crippen molar-refractivity contribution >= 4 is 29.9 Å². The minimum Gasteiger partial charge on any atom is -0.469 e. The van der Waals surface area contributed by atoms with E-state index >= 15 is 0 Å². The van der Waals surface area contributed by atoms with E-state index in [4.69, 9.17) is 4.42 Å². The second-order valence-electron chi connectivity index (χ2n) is 5.62. The molecule has 1 heterocycles. The molecule has 2 aromatic rings. The van der Waals surface area contributed by atoms with Gasteiger partial charge in [-0.1, -0.05) is 43.7 Å². The molecule has 2 rings (SSSR count). The van der Waals surface area contributed by atoms with Crippen molar-refractivity contribution in [2.45, 2.75) is 39.2 Å². The predicted octanol–water partition coefficient (Wildman–Crippen LogP) is 4.54. The van der Waals surface area contributed by atoms with Crippen LogP contribution in [-0.4, -0.2) is 19.0 Å². The Morgan fingerprint density at radius 2 is 1.96 bits per heavy atom. The molecule has 0 aliphatic carbocycles. The first kappa shape index (κ1) is 20.5. The molecule has 1 aromatic heterocycles. The summed E-state index contributed by atoms with van der Waals surface area (Å²) in [6.45, 7) is 5.97. The summed E-state index contributed by atoms with van der Waals surface area (Å²) >= 11 is 0. The van der Waals surface area contributed by atoms with Gasteiger partial charge in [-0.3, -0.25) is 4.99 Å². The summed E-state index contributed by atoms with van der Waals surface area (Å²) in [7, 11) is 0. The summed E-state index contributed by atoms with van der Waals surface area (Å²) < 4.78 is 5.36. The molecule has 0 aliphatic rings. The molecule has 0 saturated carbocycles. The molecule has 4 nitrogen and oxygen atoms in total. The van der Waals surface area contributed by atoms with Gasteiger partial charge in [0.1, 0.15) is 5.76 Å². The number of rotatable bonds is 8. The van der Waals surface area contributed by atoms with Crippen LogP contribution in [0.2, 0.25) is 0 Å². The highest BCUT2D eigenvalue weighted by atomic mass is 127. The molecular weight excluding hydrogens is 413 g/mol. The zero-order chi connectivity index (χ0) is 16.3. The summed E-state index contributed by atoms with van der Waals surface area (Å²) in [6, 6.07) is 14.5. The number of hydrogen-bond donors (Lipinski definition) is 2. The van der Waals surface area contributed by atoms with Crippen LogP contribution in [-0.2, 0) is 6.42 Å². The second-order valence-corrected chi connectivity index (χ2v) is 5.62. The molecule has 0 radical (unpaired) electrons. The zero-order valence-corrected chi connectivity index (χ0v) is 16.8. The van der Waals surface area contributed by atoms with Crippen molar-refractivity contribution < 1.29 is 4.42 Å². The van der Waals surface area contributed by atoms with Crippen molar-refractivity contribution in [3.8, 4) is 0 Å². The lowest BCUT2D eigenvalue weighted by Gasteiger charge is -2.18. The molecular formula is C19H28IN3O. The standard InChI is InChI=1S/C19H27N3O.HI/c1-3-4-13-20-19(21-14-12-18-11-8-15-23-18)22-16(2)17-9-6-5-7-10-17;/h5-11,15-16H,3-4,12-14H2,1-2H3,(H2,20,21,22);1H. The molecule has 1 atom stereocenters. The smallest absolute Gasteiger partial charge is 0.191 e. The lowest BCUT2D eigenvalue weighted by Crippen LogP contribution is -2.39. The molecule has 1 unspecified atom stereocenters. The van der Waals surface area contributed by atoms with E-state index in [1.54, 1.807) is 6.26 Å². The lowest BCUT2D eigenvalue weighted by molar-refractivity contribution is 0.506. The monoisotopic (exact) mass is 441 g/mol. The third kappa shape index (κ3) is 7.38. The number of aliphatic imine (C=N–C) groups is 1. The van der Waals surface area contributed by atoms with E-state index in [0.29, 0.717) is 0 Å². The van der Waals surface area contributed by atoms with E-state index in [2.05, 4.69) is 53.7 Å². The number of halogens is 1. The Morgan fingerprint density at radius 3 is 2.62 bits per heavy atom. The second kappa shape index (κ2) is 11.9. The molecule has 132 valence electrons. The van der Waals surface area contributed by atoms with Gasteiger partial charge < -0.3 is 15.1 Å². The number of nitrogens with one attached hydrogen (secondary N) is 2. The molecule has 2 N–H and O–H groups in total. The average Bonchev–Trinajstić information content (AvgIpc) is 3.09. The first-order valence-electron chi connectivity index (χ1n) is 8.41. The maximum absolute atomic E-state index is 5.36. The topological polar surface area (TPSA) is 49.6 Å². The predicted molar refractivity (Wildman–Crippen MR) is 111 cm³/mol. The van der Waals surface area contributed by atoms with E-state index < -0.39 is 0 Å². The van der Waals surface area contributed by atoms with E-state index in [0.717, 1.165) is 44.1 Å². The van der Waals surface area contributed by atoms with Crippen molar-refractivity contribution in [1.29, 1.82) is 0 Å². The average molecular weight is 441 g/mol. The summed E-state index contributed by atoms with van der Waals surface area (Å²) in [4.78, 5) is 4.66. The van der Waals surface area contributed by atoms with Gasteiger partial charge >= 0.3 is 0 Å². The number of benzene rings is 1. The van der Waals surface area contributed by atoms with Gasteiger partial charge in [-0.2, -0.15) is 0 Å². The first-order chi connectivity index (χ1) is 11.3. The fourth-order valence-electron chi connectivity index (χ4n) is 2.29. The molecule has 5 heteroatoms. The van der Waals surface area contributed by atoms with Crippen LogP contribution >= 0.6 is 24.0 Å². The minimum absolute atomic E-state index is 0. The van der Waals surface area contributed by atoms with Gasteiger partial charge in [0.05, 0.1) is 12.3 Å². The maximum Gasteiger partial charge on any atom is 0.191 e. The van der Waals surface area contributed by atoms with Gasteiger partial charge in [-0.25, -0.2) is 0 Å². The van der Waals surface area contributed by atoms with Crippen LogP contribution in [0.5, 0.6) is 0 Å². The van der Waals surface area contributed by atoms with Gasteiger partial charge in [0.15, 0.2) is 5.96 Å². The van der Waals surface area contributed by atoms with Crippen molar-refractivity contribution in [2.75, 3.05) is 13.1 Å². The Bertz CT molecular complexity index is 570. The van der Waals surface area contributed by atoms with Gasteiger partial charge in [-0.05, 0) is 31.0 Å². The van der Waals surface area contributed by atoms with Gasteiger partial charge in [0.2, 0.25) is 0 Å². The maximum atomic E-state index is 5.36. The van der Waals surface area contributed by atoms with E-state index in [1.807, 2.05) is 18.2 Å². The SMILES string of the molecule is CCCCN=C(NCCc1ccco1)NC(C)c1ccccc1.I. The first-order valence-corrected chi connectivity index (χ1v) is 8.41. The van der Waals surface area contributed by atoms with Gasteiger partial charge in [0.25, 0.3) is 0 Å². The van der Waals surface area contributed by atoms with Gasteiger partial charge in [-0.15, -0.1) is 24.0 Å². The highest BCUT2D eigenvalue weighted by Gasteiger charge is 2.07. The summed E-state index contributed by atoms with van der Waals surface area (Å²) in [6.07, 6.45) is 4.81. The summed E-state index contributed by atoms with van der Waals surface area (Å²) in [5, 5.41) is 6.88. The van der Waals surface area contributed by atoms with Crippen LogP contribution in [0, 0.1) is 0 Å². The molecule has 1 aromatic carbocycles. The van der Waals surface area contributed by atoms with Crippen molar-refractivity contribution in [3.63, 3.8) is 0 Å². The van der Waals surface area contributed by atoms with Crippen LogP contribution in [0.15, 0.2) is 58.1 Å². The third-order valence-corrected chi connectivity index (χ3v) is 3.68. The fourth-order valence-corrected chi connectivity index (χ4v) is 2.29. The van der Waals surface area contributed by atoms with Crippen molar-refractivity contribution in [1.82, 2.24) is 10.6 Å². The Morgan fingerprint density at radius 1 is 1.17 bits per heavy atom. The minimum atomic E-state index is 0. The largest absolute Gasteiger partial charge is 0.469 e. The Kier molecular flexibility index (Phi) is 10.2. The molecule has 0 amide bonds. The third-order valence-electron chi connectivity index (χ3n) is 3.68. The van der Waals surface area contributed by atoms with Crippen LogP contribution in [0.4, 0.5) is 0 Å². The fraction of sp³-hybridized carbons (Fsp3) is 0.421. The van der Waals surface area contributed by atoms with Gasteiger partial charge in [0, 0.05) is 19.5 Å². The number of guanidine groups is 1. The molecule has 24 heavy (non-hydrogen) atoms. The van der Waals surface area contributed by atoms with Crippen molar-refractivity contribution in [3.05, 3.63) is 60.1 Å².